The largest absolute Gasteiger partial charge is 0.508 e. The summed E-state index contributed by atoms with van der Waals surface area (Å²) in [6.45, 7) is 1.39. The fraction of sp³-hybridized carbons (Fsp3) is 0.444. The average Bonchev–Trinajstić information content (AvgIpc) is 2.97. The van der Waals surface area contributed by atoms with E-state index in [1.165, 1.54) is 29.8 Å². The SMILES string of the molecule is CN=C(NCc1cccc(O)c1)N(C)Cc1nc2c(s1)CCCC2. The first kappa shape index (κ1) is 16.8. The van der Waals surface area contributed by atoms with Crippen molar-refractivity contribution in [2.24, 2.45) is 4.99 Å². The van der Waals surface area contributed by atoms with Crippen LogP contribution in [0.3, 0.4) is 0 Å². The minimum atomic E-state index is 0.283. The van der Waals surface area contributed by atoms with Gasteiger partial charge in [0, 0.05) is 25.5 Å². The zero-order valence-corrected chi connectivity index (χ0v) is 15.1. The molecule has 1 aliphatic carbocycles. The molecule has 0 spiro atoms. The molecule has 24 heavy (non-hydrogen) atoms. The topological polar surface area (TPSA) is 60.8 Å². The van der Waals surface area contributed by atoms with E-state index in [9.17, 15) is 5.11 Å². The molecule has 1 aliphatic rings. The number of hydrogen-bond donors (Lipinski definition) is 2. The van der Waals surface area contributed by atoms with Gasteiger partial charge in [0.2, 0.25) is 0 Å². The molecule has 0 amide bonds. The highest BCUT2D eigenvalue weighted by molar-refractivity contribution is 7.11. The van der Waals surface area contributed by atoms with Gasteiger partial charge in [-0.3, -0.25) is 4.99 Å². The Morgan fingerprint density at radius 3 is 2.96 bits per heavy atom. The molecular formula is C18H24N4OS. The lowest BCUT2D eigenvalue weighted by Gasteiger charge is -2.21. The van der Waals surface area contributed by atoms with E-state index in [0.717, 1.165) is 29.5 Å². The maximum absolute atomic E-state index is 9.54. The zero-order valence-electron chi connectivity index (χ0n) is 14.2. The molecule has 0 saturated carbocycles. The number of fused-ring (bicyclic) bond motifs is 1. The third-order valence-electron chi connectivity index (χ3n) is 4.20. The summed E-state index contributed by atoms with van der Waals surface area (Å²) in [4.78, 5) is 12.7. The van der Waals surface area contributed by atoms with E-state index in [1.807, 2.05) is 30.5 Å². The number of phenolic OH excluding ortho intramolecular Hbond substituents is 1. The number of thiazole rings is 1. The number of aromatic hydroxyl groups is 1. The molecule has 1 heterocycles. The van der Waals surface area contributed by atoms with E-state index in [1.54, 1.807) is 19.2 Å². The van der Waals surface area contributed by atoms with Crippen molar-refractivity contribution in [1.29, 1.82) is 0 Å². The molecule has 0 atom stereocenters. The Kier molecular flexibility index (Phi) is 5.35. The molecule has 0 aliphatic heterocycles. The average molecular weight is 344 g/mol. The predicted octanol–water partition coefficient (Wildman–Crippen LogP) is 2.93. The summed E-state index contributed by atoms with van der Waals surface area (Å²) >= 11 is 1.84. The highest BCUT2D eigenvalue weighted by Gasteiger charge is 2.16. The summed E-state index contributed by atoms with van der Waals surface area (Å²) in [6.07, 6.45) is 4.86. The van der Waals surface area contributed by atoms with Crippen LogP contribution in [0.15, 0.2) is 29.3 Å². The number of hydrogen-bond acceptors (Lipinski definition) is 4. The van der Waals surface area contributed by atoms with Crippen molar-refractivity contribution in [2.75, 3.05) is 14.1 Å². The lowest BCUT2D eigenvalue weighted by Crippen LogP contribution is -2.38. The molecule has 128 valence electrons. The molecule has 0 saturated heterocycles. The van der Waals surface area contributed by atoms with Crippen molar-refractivity contribution in [3.8, 4) is 5.75 Å². The van der Waals surface area contributed by atoms with Gasteiger partial charge in [0.1, 0.15) is 10.8 Å². The fourth-order valence-electron chi connectivity index (χ4n) is 2.98. The molecule has 5 nitrogen and oxygen atoms in total. The Morgan fingerprint density at radius 2 is 2.21 bits per heavy atom. The Labute approximate surface area is 147 Å². The number of benzene rings is 1. The number of guanidine groups is 1. The van der Waals surface area contributed by atoms with Crippen LogP contribution in [-0.4, -0.2) is 35.0 Å². The Balaban J connectivity index is 1.59. The number of nitrogens with one attached hydrogen (secondary N) is 1. The molecule has 0 unspecified atom stereocenters. The lowest BCUT2D eigenvalue weighted by atomic mass is 10.0. The third-order valence-corrected chi connectivity index (χ3v) is 5.34. The Hall–Kier alpha value is -2.08. The van der Waals surface area contributed by atoms with Gasteiger partial charge in [-0.1, -0.05) is 12.1 Å². The Morgan fingerprint density at radius 1 is 1.38 bits per heavy atom. The van der Waals surface area contributed by atoms with Crippen molar-refractivity contribution in [3.05, 3.63) is 45.4 Å². The quantitative estimate of drug-likeness (QED) is 0.661. The maximum Gasteiger partial charge on any atom is 0.194 e. The van der Waals surface area contributed by atoms with Gasteiger partial charge in [-0.15, -0.1) is 11.3 Å². The van der Waals surface area contributed by atoms with Crippen LogP contribution in [0, 0.1) is 0 Å². The maximum atomic E-state index is 9.54. The van der Waals surface area contributed by atoms with Gasteiger partial charge in [-0.05, 0) is 43.4 Å². The van der Waals surface area contributed by atoms with Gasteiger partial charge >= 0.3 is 0 Å². The molecular weight excluding hydrogens is 320 g/mol. The number of phenols is 1. The number of aryl methyl sites for hydroxylation is 2. The first-order valence-corrected chi connectivity index (χ1v) is 9.14. The fourth-order valence-corrected chi connectivity index (χ4v) is 4.19. The van der Waals surface area contributed by atoms with Gasteiger partial charge in [-0.2, -0.15) is 0 Å². The van der Waals surface area contributed by atoms with E-state index in [4.69, 9.17) is 4.98 Å². The number of aliphatic imine (C=N–C) groups is 1. The first-order chi connectivity index (χ1) is 11.7. The molecule has 0 bridgehead atoms. The van der Waals surface area contributed by atoms with Crippen LogP contribution in [0.1, 0.15) is 34.0 Å². The summed E-state index contributed by atoms with van der Waals surface area (Å²) in [5.41, 5.74) is 2.33. The lowest BCUT2D eigenvalue weighted by molar-refractivity contribution is 0.470. The van der Waals surface area contributed by atoms with E-state index in [2.05, 4.69) is 15.2 Å². The normalized spacial score (nSPS) is 14.3. The second-order valence-corrected chi connectivity index (χ2v) is 7.28. The van der Waals surface area contributed by atoms with E-state index < -0.39 is 0 Å². The first-order valence-electron chi connectivity index (χ1n) is 8.33. The van der Waals surface area contributed by atoms with Gasteiger partial charge < -0.3 is 15.3 Å². The second-order valence-electron chi connectivity index (χ2n) is 6.11. The second kappa shape index (κ2) is 7.66. The van der Waals surface area contributed by atoms with Gasteiger partial charge in [0.25, 0.3) is 0 Å². The van der Waals surface area contributed by atoms with Crippen molar-refractivity contribution in [3.63, 3.8) is 0 Å². The van der Waals surface area contributed by atoms with E-state index >= 15 is 0 Å². The van der Waals surface area contributed by atoms with Gasteiger partial charge in [0.15, 0.2) is 5.96 Å². The monoisotopic (exact) mass is 344 g/mol. The van der Waals surface area contributed by atoms with Gasteiger partial charge in [-0.25, -0.2) is 4.98 Å². The van der Waals surface area contributed by atoms with Crippen molar-refractivity contribution in [2.45, 2.75) is 38.8 Å². The third kappa shape index (κ3) is 4.06. The minimum Gasteiger partial charge on any atom is -0.508 e. The summed E-state index contributed by atoms with van der Waals surface area (Å²) in [7, 11) is 3.81. The van der Waals surface area contributed by atoms with Crippen molar-refractivity contribution < 1.29 is 5.11 Å². The molecule has 0 fully saturated rings. The Bertz CT molecular complexity index is 702. The van der Waals surface area contributed by atoms with Crippen LogP contribution < -0.4 is 5.32 Å². The molecule has 2 aromatic rings. The smallest absolute Gasteiger partial charge is 0.194 e. The molecule has 3 rings (SSSR count). The van der Waals surface area contributed by atoms with Crippen LogP contribution >= 0.6 is 11.3 Å². The number of aromatic nitrogens is 1. The summed E-state index contributed by atoms with van der Waals surface area (Å²) in [6, 6.07) is 7.26. The number of rotatable bonds is 4. The zero-order chi connectivity index (χ0) is 16.9. The highest BCUT2D eigenvalue weighted by Crippen LogP contribution is 2.27. The van der Waals surface area contributed by atoms with Crippen LogP contribution in [0.4, 0.5) is 0 Å². The van der Waals surface area contributed by atoms with Crippen LogP contribution in [-0.2, 0) is 25.9 Å². The standard InChI is InChI=1S/C18H24N4OS/c1-19-18(20-11-13-6-5-7-14(23)10-13)22(2)12-17-21-15-8-3-4-9-16(15)24-17/h5-7,10,23H,3-4,8-9,11-12H2,1-2H3,(H,19,20). The van der Waals surface area contributed by atoms with Crippen molar-refractivity contribution in [1.82, 2.24) is 15.2 Å². The minimum absolute atomic E-state index is 0.283. The van der Waals surface area contributed by atoms with Crippen LogP contribution in [0.25, 0.3) is 0 Å². The predicted molar refractivity (Wildman–Crippen MR) is 98.5 cm³/mol. The van der Waals surface area contributed by atoms with Crippen molar-refractivity contribution >= 4 is 17.3 Å². The molecule has 1 aromatic heterocycles. The highest BCUT2D eigenvalue weighted by atomic mass is 32.1. The summed E-state index contributed by atoms with van der Waals surface area (Å²) < 4.78 is 0. The van der Waals surface area contributed by atoms with E-state index in [0.29, 0.717) is 6.54 Å². The molecule has 6 heteroatoms. The summed E-state index contributed by atoms with van der Waals surface area (Å²) in [5, 5.41) is 14.0. The summed E-state index contributed by atoms with van der Waals surface area (Å²) in [5.74, 6) is 1.11. The number of nitrogens with zero attached hydrogens (tertiary/aromatic N) is 3. The molecule has 2 N–H and O–H groups in total. The molecule has 1 aromatic carbocycles. The van der Waals surface area contributed by atoms with Crippen LogP contribution in [0.2, 0.25) is 0 Å². The van der Waals surface area contributed by atoms with Crippen LogP contribution in [0.5, 0.6) is 5.75 Å². The van der Waals surface area contributed by atoms with Gasteiger partial charge in [0.05, 0.1) is 12.2 Å². The van der Waals surface area contributed by atoms with E-state index in [-0.39, 0.29) is 5.75 Å². The molecule has 0 radical (unpaired) electrons.